The predicted molar refractivity (Wildman–Crippen MR) is 84.7 cm³/mol. The first kappa shape index (κ1) is 13.9. The number of para-hydroxylation sites is 1. The number of aryl methyl sites for hydroxylation is 1. The number of nitrogens with zero attached hydrogens (tertiary/aromatic N) is 3. The first-order valence-electron chi connectivity index (χ1n) is 7.06. The highest BCUT2D eigenvalue weighted by molar-refractivity contribution is 5.99. The number of aromatic nitrogens is 2. The maximum absolute atomic E-state index is 9.06. The Hall–Kier alpha value is -3.07. The molecule has 0 aliphatic rings. The Labute approximate surface area is 127 Å². The van der Waals surface area contributed by atoms with Crippen LogP contribution in [0.15, 0.2) is 40.0 Å². The van der Waals surface area contributed by atoms with Crippen molar-refractivity contribution < 1.29 is 4.42 Å². The van der Waals surface area contributed by atoms with Crippen LogP contribution in [0.3, 0.4) is 0 Å². The van der Waals surface area contributed by atoms with E-state index in [9.17, 15) is 0 Å². The summed E-state index contributed by atoms with van der Waals surface area (Å²) in [6.45, 7) is 2.03. The van der Waals surface area contributed by atoms with E-state index in [1.54, 1.807) is 6.21 Å². The lowest BCUT2D eigenvalue weighted by molar-refractivity contribution is 0.502. The first-order chi connectivity index (χ1) is 10.8. The van der Waals surface area contributed by atoms with Gasteiger partial charge >= 0.3 is 0 Å². The van der Waals surface area contributed by atoms with E-state index in [1.165, 1.54) is 0 Å². The highest BCUT2D eigenvalue weighted by Crippen LogP contribution is 2.18. The highest BCUT2D eigenvalue weighted by atomic mass is 16.4. The molecule has 0 aliphatic heterocycles. The lowest BCUT2D eigenvalue weighted by atomic mass is 10.2. The monoisotopic (exact) mass is 293 g/mol. The summed E-state index contributed by atoms with van der Waals surface area (Å²) >= 11 is 0. The van der Waals surface area contributed by atoms with E-state index < -0.39 is 0 Å². The van der Waals surface area contributed by atoms with Gasteiger partial charge in [-0.25, -0.2) is 10.4 Å². The fraction of sp³-hybridized carbons (Fsp3) is 0.188. The number of hydrogen-bond donors (Lipinski definition) is 2. The molecule has 0 amide bonds. The van der Waals surface area contributed by atoms with Gasteiger partial charge in [0, 0.05) is 29.1 Å². The van der Waals surface area contributed by atoms with E-state index in [1.807, 2.05) is 43.5 Å². The first-order valence-corrected chi connectivity index (χ1v) is 7.06. The van der Waals surface area contributed by atoms with Gasteiger partial charge in [-0.05, 0) is 12.5 Å². The Morgan fingerprint density at radius 1 is 1.45 bits per heavy atom. The molecule has 0 spiro atoms. The fourth-order valence-corrected chi connectivity index (χ4v) is 2.20. The van der Waals surface area contributed by atoms with Crippen LogP contribution in [0.4, 0.5) is 5.88 Å². The van der Waals surface area contributed by atoms with Crippen LogP contribution in [-0.4, -0.2) is 16.2 Å². The van der Waals surface area contributed by atoms with Crippen LogP contribution in [0.2, 0.25) is 0 Å². The second-order valence-corrected chi connectivity index (χ2v) is 4.81. The SMILES string of the molecule is CCCc1nc(C#N)c(N/N=C/c2c[nH]c3ccccc23)o1. The van der Waals surface area contributed by atoms with Gasteiger partial charge in [-0.2, -0.15) is 10.4 Å². The Balaban J connectivity index is 1.78. The summed E-state index contributed by atoms with van der Waals surface area (Å²) in [6.07, 6.45) is 5.16. The summed E-state index contributed by atoms with van der Waals surface area (Å²) in [6, 6.07) is 9.96. The van der Waals surface area contributed by atoms with Crippen molar-refractivity contribution in [2.24, 2.45) is 5.10 Å². The van der Waals surface area contributed by atoms with Crippen LogP contribution in [0.1, 0.15) is 30.5 Å². The molecule has 2 aromatic heterocycles. The van der Waals surface area contributed by atoms with Crippen molar-refractivity contribution in [3.8, 4) is 6.07 Å². The van der Waals surface area contributed by atoms with Gasteiger partial charge in [0.25, 0.3) is 5.88 Å². The molecule has 3 aromatic rings. The van der Waals surface area contributed by atoms with Crippen LogP contribution in [0.25, 0.3) is 10.9 Å². The molecule has 1 aromatic carbocycles. The zero-order valence-corrected chi connectivity index (χ0v) is 12.1. The third-order valence-corrected chi connectivity index (χ3v) is 3.23. The molecule has 6 nitrogen and oxygen atoms in total. The van der Waals surface area contributed by atoms with Crippen LogP contribution < -0.4 is 5.43 Å². The normalized spacial score (nSPS) is 11.1. The van der Waals surface area contributed by atoms with E-state index in [2.05, 4.69) is 20.5 Å². The van der Waals surface area contributed by atoms with Crippen LogP contribution in [-0.2, 0) is 6.42 Å². The zero-order valence-electron chi connectivity index (χ0n) is 12.1. The number of rotatable bonds is 5. The van der Waals surface area contributed by atoms with Crippen molar-refractivity contribution in [1.82, 2.24) is 9.97 Å². The summed E-state index contributed by atoms with van der Waals surface area (Å²) in [5, 5.41) is 14.3. The average Bonchev–Trinajstić information content (AvgIpc) is 3.12. The number of fused-ring (bicyclic) bond motifs is 1. The molecular weight excluding hydrogens is 278 g/mol. The molecular formula is C16H15N5O. The molecule has 0 saturated heterocycles. The summed E-state index contributed by atoms with van der Waals surface area (Å²) in [7, 11) is 0. The van der Waals surface area contributed by atoms with Gasteiger partial charge in [0.05, 0.1) is 6.21 Å². The van der Waals surface area contributed by atoms with E-state index in [4.69, 9.17) is 9.68 Å². The van der Waals surface area contributed by atoms with Crippen molar-refractivity contribution in [3.63, 3.8) is 0 Å². The molecule has 3 rings (SSSR count). The molecule has 0 bridgehead atoms. The number of benzene rings is 1. The second kappa shape index (κ2) is 6.14. The number of nitrogens with one attached hydrogen (secondary N) is 2. The molecule has 2 heterocycles. The topological polar surface area (TPSA) is 90.0 Å². The Morgan fingerprint density at radius 3 is 3.14 bits per heavy atom. The van der Waals surface area contributed by atoms with Gasteiger partial charge in [-0.15, -0.1) is 0 Å². The summed E-state index contributed by atoms with van der Waals surface area (Å²) in [5.74, 6) is 0.825. The predicted octanol–water partition coefficient (Wildman–Crippen LogP) is 3.43. The lowest BCUT2D eigenvalue weighted by Crippen LogP contribution is -1.91. The smallest absolute Gasteiger partial charge is 0.252 e. The van der Waals surface area contributed by atoms with Crippen LogP contribution in [0.5, 0.6) is 0 Å². The molecule has 0 unspecified atom stereocenters. The van der Waals surface area contributed by atoms with Crippen molar-refractivity contribution in [3.05, 3.63) is 47.6 Å². The molecule has 22 heavy (non-hydrogen) atoms. The Bertz CT molecular complexity index is 853. The van der Waals surface area contributed by atoms with Gasteiger partial charge in [0.2, 0.25) is 5.69 Å². The molecule has 0 atom stereocenters. The molecule has 0 fully saturated rings. The number of hydrogen-bond acceptors (Lipinski definition) is 5. The van der Waals surface area contributed by atoms with Crippen molar-refractivity contribution >= 4 is 23.0 Å². The van der Waals surface area contributed by atoms with Gasteiger partial charge in [0.1, 0.15) is 6.07 Å². The molecule has 0 radical (unpaired) electrons. The maximum Gasteiger partial charge on any atom is 0.252 e. The highest BCUT2D eigenvalue weighted by Gasteiger charge is 2.11. The standard InChI is InChI=1S/C16H15N5O/c1-2-5-15-20-14(8-17)16(22-15)21-19-10-11-9-18-13-7-4-3-6-12(11)13/h3-4,6-7,9-10,18,21H,2,5H2,1H3/b19-10+. The minimum atomic E-state index is 0.222. The second-order valence-electron chi connectivity index (χ2n) is 4.81. The van der Waals surface area contributed by atoms with Gasteiger partial charge in [-0.1, -0.05) is 25.1 Å². The molecule has 0 saturated carbocycles. The van der Waals surface area contributed by atoms with Crippen molar-refractivity contribution in [2.75, 3.05) is 5.43 Å². The van der Waals surface area contributed by atoms with Gasteiger partial charge in [0.15, 0.2) is 5.89 Å². The maximum atomic E-state index is 9.06. The number of H-pyrrole nitrogens is 1. The van der Waals surface area contributed by atoms with E-state index in [0.29, 0.717) is 12.3 Å². The number of hydrazone groups is 1. The molecule has 2 N–H and O–H groups in total. The van der Waals surface area contributed by atoms with Gasteiger partial charge in [-0.3, -0.25) is 0 Å². The third kappa shape index (κ3) is 2.69. The summed E-state index contributed by atoms with van der Waals surface area (Å²) in [5.41, 5.74) is 4.97. The minimum Gasteiger partial charge on any atom is -0.422 e. The van der Waals surface area contributed by atoms with E-state index in [0.717, 1.165) is 22.9 Å². The summed E-state index contributed by atoms with van der Waals surface area (Å²) < 4.78 is 5.49. The Kier molecular flexibility index (Phi) is 3.88. The van der Waals surface area contributed by atoms with Crippen molar-refractivity contribution in [2.45, 2.75) is 19.8 Å². The van der Waals surface area contributed by atoms with Crippen LogP contribution >= 0.6 is 0 Å². The number of oxazole rings is 1. The van der Waals surface area contributed by atoms with Gasteiger partial charge < -0.3 is 9.40 Å². The molecule has 6 heteroatoms. The largest absolute Gasteiger partial charge is 0.422 e. The summed E-state index contributed by atoms with van der Waals surface area (Å²) in [4.78, 5) is 7.29. The quantitative estimate of drug-likeness (QED) is 0.557. The number of anilines is 1. The molecule has 0 aliphatic carbocycles. The minimum absolute atomic E-state index is 0.222. The Morgan fingerprint density at radius 2 is 2.32 bits per heavy atom. The third-order valence-electron chi connectivity index (χ3n) is 3.23. The fourth-order valence-electron chi connectivity index (χ4n) is 2.20. The van der Waals surface area contributed by atoms with Crippen LogP contribution in [0, 0.1) is 11.3 Å². The average molecular weight is 293 g/mol. The van der Waals surface area contributed by atoms with Crippen molar-refractivity contribution in [1.29, 1.82) is 5.26 Å². The van der Waals surface area contributed by atoms with E-state index in [-0.39, 0.29) is 11.6 Å². The number of nitriles is 1. The lowest BCUT2D eigenvalue weighted by Gasteiger charge is -1.94. The molecule has 110 valence electrons. The van der Waals surface area contributed by atoms with E-state index >= 15 is 0 Å². The number of aromatic amines is 1. The zero-order chi connectivity index (χ0) is 15.4.